The Hall–Kier alpha value is 3.04. The van der Waals surface area contributed by atoms with Gasteiger partial charge in [0.05, 0.1) is 0 Å². The molecule has 0 spiro atoms. The summed E-state index contributed by atoms with van der Waals surface area (Å²) in [6, 6.07) is 0. The first-order chi connectivity index (χ1) is 2.00. The molecule has 0 saturated carbocycles. The molecule has 1 radical (unpaired) electrons. The zero-order chi connectivity index (χ0) is 4.50. The molecule has 0 aliphatic carbocycles. The first-order valence-corrected chi connectivity index (χ1v) is 2.10. The Bertz CT molecular complexity index is 104. The zero-order valence-corrected chi connectivity index (χ0v) is 11.8. The quantitative estimate of drug-likeness (QED) is 0.335. The molecular weight excluding hydrogens is 382 g/mol. The molecule has 0 fully saturated rings. The van der Waals surface area contributed by atoms with E-state index in [1.54, 1.807) is 0 Å². The topological polar surface area (TPSA) is 74.6 Å². The van der Waals surface area contributed by atoms with Gasteiger partial charge in [-0.05, 0) is 0 Å². The summed E-state index contributed by atoms with van der Waals surface area (Å²) in [7, 11) is -4.67. The molecule has 4 nitrogen and oxygen atoms in total. The third-order valence-corrected chi connectivity index (χ3v) is 0. The second kappa shape index (κ2) is 10.0. The minimum atomic E-state index is -4.67. The summed E-state index contributed by atoms with van der Waals surface area (Å²) in [6.45, 7) is 0. The molecule has 2 N–H and O–H groups in total. The van der Waals surface area contributed by atoms with Crippen LogP contribution in [0.25, 0.3) is 0 Å². The molecular formula is H3CeLaLiO4S. The molecule has 0 aromatic carbocycles. The smallest absolute Gasteiger partial charge is 1.00 e. The monoisotopic (exact) mass is 385 g/mol. The van der Waals surface area contributed by atoms with Crippen molar-refractivity contribution in [2.24, 2.45) is 0 Å². The van der Waals surface area contributed by atoms with Crippen molar-refractivity contribution >= 4 is 10.4 Å². The molecule has 8 heavy (non-hydrogen) atoms. The molecule has 0 amide bonds. The van der Waals surface area contributed by atoms with Gasteiger partial charge in [-0.1, -0.05) is 0 Å². The standard InChI is InChI=1S/Ce.La.Li.H2O4S.H/c;;;1-5(2,3)4;/h;;;(H2,1,2,3,4);/q;;+1;;-1. The third-order valence-electron chi connectivity index (χ3n) is 0. The predicted molar refractivity (Wildman–Crippen MR) is 15.3 cm³/mol. The maximum atomic E-state index is 8.74. The Balaban J connectivity index is -0.0000000133. The van der Waals surface area contributed by atoms with Gasteiger partial charge in [0.25, 0.3) is 0 Å². The SMILES string of the molecule is O=S(=O)(O)O.[Ce].[H-].[La].[Li+]. The Labute approximate surface area is 123 Å². The van der Waals surface area contributed by atoms with Gasteiger partial charge in [0.2, 0.25) is 0 Å². The first-order valence-electron chi connectivity index (χ1n) is 0.698. The van der Waals surface area contributed by atoms with Crippen LogP contribution < -0.4 is 18.9 Å². The second-order valence-electron chi connectivity index (χ2n) is 0.448. The summed E-state index contributed by atoms with van der Waals surface area (Å²) in [5.74, 6) is 0. The van der Waals surface area contributed by atoms with Gasteiger partial charge in [0, 0.05) is 77.3 Å². The summed E-state index contributed by atoms with van der Waals surface area (Å²) < 4.78 is 31.6. The summed E-state index contributed by atoms with van der Waals surface area (Å²) >= 11 is 0. The van der Waals surface area contributed by atoms with Crippen molar-refractivity contribution in [3.05, 3.63) is 0 Å². The Kier molecular flexibility index (Phi) is 28.2. The van der Waals surface area contributed by atoms with Crippen LogP contribution in [0, 0.1) is 77.3 Å². The molecule has 0 saturated heterocycles. The Morgan fingerprint density at radius 3 is 1.25 bits per heavy atom. The average molecular weight is 385 g/mol. The number of rotatable bonds is 0. The molecule has 0 aliphatic rings. The number of hydrogen-bond donors (Lipinski definition) is 2. The van der Waals surface area contributed by atoms with Crippen molar-refractivity contribution < 1.29 is 115 Å². The number of hydrogen-bond acceptors (Lipinski definition) is 2. The normalized spacial score (nSPS) is 7.25. The van der Waals surface area contributed by atoms with Gasteiger partial charge in [-0.25, -0.2) is 0 Å². The van der Waals surface area contributed by atoms with Crippen molar-refractivity contribution in [2.45, 2.75) is 0 Å². The van der Waals surface area contributed by atoms with Gasteiger partial charge in [-0.2, -0.15) is 8.42 Å². The van der Waals surface area contributed by atoms with Crippen molar-refractivity contribution in [3.8, 4) is 0 Å². The van der Waals surface area contributed by atoms with Crippen molar-refractivity contribution in [1.29, 1.82) is 0 Å². The fourth-order valence-electron chi connectivity index (χ4n) is 0. The van der Waals surface area contributed by atoms with Crippen molar-refractivity contribution in [1.82, 2.24) is 0 Å². The van der Waals surface area contributed by atoms with Gasteiger partial charge >= 0.3 is 29.3 Å². The zero-order valence-electron chi connectivity index (χ0n) is 5.20. The predicted octanol–water partition coefficient (Wildman–Crippen LogP) is -3.54. The minimum absolute atomic E-state index is 0. The maximum Gasteiger partial charge on any atom is 1.00 e. The van der Waals surface area contributed by atoms with Crippen LogP contribution >= 0.6 is 0 Å². The molecule has 0 aromatic rings. The van der Waals surface area contributed by atoms with Crippen LogP contribution in [0.5, 0.6) is 0 Å². The van der Waals surface area contributed by atoms with Gasteiger partial charge in [0.15, 0.2) is 0 Å². The van der Waals surface area contributed by atoms with Crippen LogP contribution in [0.1, 0.15) is 1.43 Å². The first kappa shape index (κ1) is 22.5. The molecule has 0 aromatic heterocycles. The van der Waals surface area contributed by atoms with Gasteiger partial charge in [-0.3, -0.25) is 9.11 Å². The van der Waals surface area contributed by atoms with E-state index in [9.17, 15) is 0 Å². The molecule has 0 aliphatic heterocycles. The van der Waals surface area contributed by atoms with E-state index in [1.165, 1.54) is 0 Å². The van der Waals surface area contributed by atoms with Crippen molar-refractivity contribution in [3.63, 3.8) is 0 Å². The van der Waals surface area contributed by atoms with Crippen LogP contribution in [0.15, 0.2) is 0 Å². The molecule has 8 heteroatoms. The van der Waals surface area contributed by atoms with Gasteiger partial charge < -0.3 is 1.43 Å². The summed E-state index contributed by atoms with van der Waals surface area (Å²) in [4.78, 5) is 0. The average Bonchev–Trinajstić information content (AvgIpc) is 0.722. The van der Waals surface area contributed by atoms with Crippen molar-refractivity contribution in [2.75, 3.05) is 0 Å². The van der Waals surface area contributed by atoms with E-state index >= 15 is 0 Å². The molecule has 0 heterocycles. The van der Waals surface area contributed by atoms with Gasteiger partial charge in [-0.15, -0.1) is 0 Å². The van der Waals surface area contributed by atoms with E-state index in [2.05, 4.69) is 0 Å². The molecule has 0 atom stereocenters. The Morgan fingerprint density at radius 2 is 1.25 bits per heavy atom. The summed E-state index contributed by atoms with van der Waals surface area (Å²) in [5, 5.41) is 0. The fraction of sp³-hybridized carbons (Fsp3) is 0. The molecule has 0 rings (SSSR count). The third kappa shape index (κ3) is 63.3. The summed E-state index contributed by atoms with van der Waals surface area (Å²) in [6.07, 6.45) is 0. The Morgan fingerprint density at radius 1 is 1.25 bits per heavy atom. The van der Waals surface area contributed by atoms with Crippen LogP contribution in [-0.2, 0) is 10.4 Å². The van der Waals surface area contributed by atoms with E-state index < -0.39 is 10.4 Å². The molecule has 0 unspecified atom stereocenters. The van der Waals surface area contributed by atoms with Crippen LogP contribution in [0.4, 0.5) is 0 Å². The molecule has 41 valence electrons. The van der Waals surface area contributed by atoms with E-state index in [0.717, 1.165) is 0 Å². The van der Waals surface area contributed by atoms with Crippen LogP contribution in [0.3, 0.4) is 0 Å². The van der Waals surface area contributed by atoms with E-state index in [1.807, 2.05) is 0 Å². The summed E-state index contributed by atoms with van der Waals surface area (Å²) in [5.41, 5.74) is 0. The second-order valence-corrected chi connectivity index (χ2v) is 1.34. The van der Waals surface area contributed by atoms with E-state index in [-0.39, 0.29) is 97.6 Å². The maximum absolute atomic E-state index is 8.74. The van der Waals surface area contributed by atoms with Crippen LogP contribution in [0.2, 0.25) is 0 Å². The fourth-order valence-corrected chi connectivity index (χ4v) is 0. The van der Waals surface area contributed by atoms with E-state index in [4.69, 9.17) is 17.5 Å². The van der Waals surface area contributed by atoms with Gasteiger partial charge in [0.1, 0.15) is 0 Å². The van der Waals surface area contributed by atoms with Crippen LogP contribution in [-0.4, -0.2) is 17.5 Å². The largest absolute Gasteiger partial charge is 1.00 e. The van der Waals surface area contributed by atoms with E-state index in [0.29, 0.717) is 0 Å². The molecule has 0 bridgehead atoms. The minimum Gasteiger partial charge on any atom is -1.00 e.